The first-order valence-electron chi connectivity index (χ1n) is 7.49. The molecule has 1 N–H and O–H groups in total. The molecule has 3 fully saturated rings. The molecule has 2 atom stereocenters. The van der Waals surface area contributed by atoms with Gasteiger partial charge in [-0.1, -0.05) is 13.3 Å². The maximum Gasteiger partial charge on any atom is 0.252 e. The van der Waals surface area contributed by atoms with E-state index in [1.807, 2.05) is 11.9 Å². The van der Waals surface area contributed by atoms with E-state index in [-0.39, 0.29) is 17.9 Å². The van der Waals surface area contributed by atoms with Gasteiger partial charge in [-0.05, 0) is 19.9 Å². The molecule has 2 amide bonds. The zero-order chi connectivity index (χ0) is 14.5. The third-order valence-corrected chi connectivity index (χ3v) is 4.82. The molecule has 0 aromatic heterocycles. The van der Waals surface area contributed by atoms with Gasteiger partial charge < -0.3 is 10.0 Å². The van der Waals surface area contributed by atoms with Gasteiger partial charge in [-0.25, -0.2) is 0 Å². The van der Waals surface area contributed by atoms with Crippen LogP contribution in [0.25, 0.3) is 0 Å². The number of likely N-dealkylation sites (N-methyl/N-ethyl adjacent to an activating group) is 1. The molecule has 3 saturated heterocycles. The molecule has 3 aliphatic heterocycles. The molecule has 6 heteroatoms. The summed E-state index contributed by atoms with van der Waals surface area (Å²) in [6.45, 7) is 4.32. The summed E-state index contributed by atoms with van der Waals surface area (Å²) in [5.41, 5.74) is -0.571. The second-order valence-electron chi connectivity index (χ2n) is 6.41. The topological polar surface area (TPSA) is 64.1 Å². The Morgan fingerprint density at radius 2 is 2.05 bits per heavy atom. The fourth-order valence-electron chi connectivity index (χ4n) is 3.87. The van der Waals surface area contributed by atoms with Gasteiger partial charge in [-0.2, -0.15) is 0 Å². The number of fused-ring (bicyclic) bond motifs is 2. The zero-order valence-corrected chi connectivity index (χ0v) is 12.2. The number of aliphatic hydroxyl groups is 1. The summed E-state index contributed by atoms with van der Waals surface area (Å²) in [6.07, 6.45) is 1.77. The number of rotatable bonds is 3. The summed E-state index contributed by atoms with van der Waals surface area (Å²) in [7, 11) is 1.98. The average Bonchev–Trinajstić information content (AvgIpc) is 2.76. The summed E-state index contributed by atoms with van der Waals surface area (Å²) in [5, 5.41) is 9.91. The second kappa shape index (κ2) is 4.79. The minimum Gasteiger partial charge on any atom is -0.392 e. The first kappa shape index (κ1) is 14.0. The van der Waals surface area contributed by atoms with Crippen molar-refractivity contribution in [2.75, 3.05) is 33.2 Å². The van der Waals surface area contributed by atoms with Crippen LogP contribution in [0, 0.1) is 0 Å². The number of hydrogen-bond acceptors (Lipinski definition) is 5. The van der Waals surface area contributed by atoms with Gasteiger partial charge in [-0.15, -0.1) is 0 Å². The van der Waals surface area contributed by atoms with Crippen LogP contribution in [0.1, 0.15) is 26.2 Å². The van der Waals surface area contributed by atoms with Gasteiger partial charge in [-0.3, -0.25) is 19.4 Å². The van der Waals surface area contributed by atoms with Gasteiger partial charge in [0, 0.05) is 26.2 Å². The Labute approximate surface area is 119 Å². The average molecular weight is 281 g/mol. The van der Waals surface area contributed by atoms with Crippen molar-refractivity contribution in [1.82, 2.24) is 14.7 Å². The lowest BCUT2D eigenvalue weighted by atomic mass is 9.83. The van der Waals surface area contributed by atoms with Crippen LogP contribution >= 0.6 is 0 Å². The van der Waals surface area contributed by atoms with E-state index in [1.165, 1.54) is 4.90 Å². The molecule has 0 saturated carbocycles. The molecule has 0 radical (unpaired) electrons. The summed E-state index contributed by atoms with van der Waals surface area (Å²) >= 11 is 0. The zero-order valence-electron chi connectivity index (χ0n) is 12.2. The molecular weight excluding hydrogens is 258 g/mol. The predicted octanol–water partition coefficient (Wildman–Crippen LogP) is -0.725. The van der Waals surface area contributed by atoms with Crippen molar-refractivity contribution in [3.8, 4) is 0 Å². The highest BCUT2D eigenvalue weighted by molar-refractivity contribution is 6.06. The fourth-order valence-corrected chi connectivity index (χ4v) is 3.87. The maximum absolute atomic E-state index is 12.8. The highest BCUT2D eigenvalue weighted by Crippen LogP contribution is 2.39. The van der Waals surface area contributed by atoms with Crippen molar-refractivity contribution in [3.63, 3.8) is 0 Å². The van der Waals surface area contributed by atoms with Crippen molar-refractivity contribution in [1.29, 1.82) is 0 Å². The molecule has 0 aliphatic carbocycles. The van der Waals surface area contributed by atoms with Gasteiger partial charge >= 0.3 is 0 Å². The molecule has 3 rings (SSSR count). The van der Waals surface area contributed by atoms with Gasteiger partial charge in [0.2, 0.25) is 5.91 Å². The largest absolute Gasteiger partial charge is 0.392 e. The Morgan fingerprint density at radius 3 is 2.65 bits per heavy atom. The van der Waals surface area contributed by atoms with Gasteiger partial charge in [0.15, 0.2) is 0 Å². The molecule has 2 unspecified atom stereocenters. The monoisotopic (exact) mass is 281 g/mol. The normalized spacial score (nSPS) is 33.6. The van der Waals surface area contributed by atoms with E-state index in [1.54, 1.807) is 0 Å². The van der Waals surface area contributed by atoms with Crippen molar-refractivity contribution in [2.24, 2.45) is 0 Å². The highest BCUT2D eigenvalue weighted by Gasteiger charge is 2.63. The van der Waals surface area contributed by atoms with Crippen LogP contribution < -0.4 is 0 Å². The number of unbranched alkanes of at least 4 members (excludes halogenated alkanes) is 1. The lowest BCUT2D eigenvalue weighted by Gasteiger charge is -2.57. The van der Waals surface area contributed by atoms with E-state index < -0.39 is 11.6 Å². The van der Waals surface area contributed by atoms with Crippen molar-refractivity contribution in [2.45, 2.75) is 43.9 Å². The standard InChI is InChI=1S/C14H23N3O3/c1-3-4-5-16-12(19)11-6-10(18)7-17(11)14(13(16)20)8-15(2)9-14/h10-11,18H,3-9H2,1-2H3. The maximum atomic E-state index is 12.8. The number of likely N-dealkylation sites (tertiary alicyclic amines) is 1. The molecule has 6 nitrogen and oxygen atoms in total. The molecule has 1 spiro atoms. The number of aliphatic hydroxyl groups excluding tert-OH is 1. The number of carbonyl (C=O) groups is 2. The van der Waals surface area contributed by atoms with E-state index in [0.717, 1.165) is 12.8 Å². The second-order valence-corrected chi connectivity index (χ2v) is 6.41. The van der Waals surface area contributed by atoms with E-state index >= 15 is 0 Å². The van der Waals surface area contributed by atoms with Crippen LogP contribution in [-0.2, 0) is 9.59 Å². The van der Waals surface area contributed by atoms with E-state index in [9.17, 15) is 14.7 Å². The fraction of sp³-hybridized carbons (Fsp3) is 0.857. The third-order valence-electron chi connectivity index (χ3n) is 4.82. The van der Waals surface area contributed by atoms with Crippen molar-refractivity contribution in [3.05, 3.63) is 0 Å². The summed E-state index contributed by atoms with van der Waals surface area (Å²) < 4.78 is 0. The summed E-state index contributed by atoms with van der Waals surface area (Å²) in [4.78, 5) is 30.8. The minimum atomic E-state index is -0.571. The van der Waals surface area contributed by atoms with E-state index in [2.05, 4.69) is 11.8 Å². The molecular formula is C14H23N3O3. The van der Waals surface area contributed by atoms with Gasteiger partial charge in [0.05, 0.1) is 12.1 Å². The number of imide groups is 1. The van der Waals surface area contributed by atoms with Gasteiger partial charge in [0.25, 0.3) is 5.91 Å². The van der Waals surface area contributed by atoms with Crippen LogP contribution in [-0.4, -0.2) is 82.5 Å². The molecule has 3 aliphatic rings. The lowest BCUT2D eigenvalue weighted by Crippen LogP contribution is -2.81. The number of β-amino-alcohol motifs (C(OH)–C–C–N with tert-alkyl or cyclic N) is 1. The first-order valence-corrected chi connectivity index (χ1v) is 7.49. The van der Waals surface area contributed by atoms with Crippen molar-refractivity contribution < 1.29 is 14.7 Å². The Kier molecular flexibility index (Phi) is 3.35. The first-order chi connectivity index (χ1) is 9.49. The van der Waals surface area contributed by atoms with Crippen LogP contribution in [0.4, 0.5) is 0 Å². The Balaban J connectivity index is 1.89. The third kappa shape index (κ3) is 1.82. The summed E-state index contributed by atoms with van der Waals surface area (Å²) in [5.74, 6) is -0.167. The Bertz CT molecular complexity index is 433. The Hall–Kier alpha value is -0.980. The molecule has 20 heavy (non-hydrogen) atoms. The predicted molar refractivity (Wildman–Crippen MR) is 73.0 cm³/mol. The lowest BCUT2D eigenvalue weighted by molar-refractivity contribution is -0.178. The van der Waals surface area contributed by atoms with Gasteiger partial charge in [0.1, 0.15) is 5.54 Å². The highest BCUT2D eigenvalue weighted by atomic mass is 16.3. The van der Waals surface area contributed by atoms with Crippen LogP contribution in [0.15, 0.2) is 0 Å². The molecule has 0 bridgehead atoms. The smallest absolute Gasteiger partial charge is 0.252 e. The van der Waals surface area contributed by atoms with Crippen LogP contribution in [0.3, 0.4) is 0 Å². The van der Waals surface area contributed by atoms with Crippen LogP contribution in [0.2, 0.25) is 0 Å². The van der Waals surface area contributed by atoms with E-state index in [0.29, 0.717) is 32.6 Å². The number of amides is 2. The van der Waals surface area contributed by atoms with E-state index in [4.69, 9.17) is 0 Å². The molecule has 0 aromatic rings. The molecule has 0 aromatic carbocycles. The number of hydrogen-bond donors (Lipinski definition) is 1. The molecule has 3 heterocycles. The van der Waals surface area contributed by atoms with Crippen LogP contribution in [0.5, 0.6) is 0 Å². The number of carbonyl (C=O) groups excluding carboxylic acids is 2. The quantitative estimate of drug-likeness (QED) is 0.691. The number of nitrogens with zero attached hydrogens (tertiary/aromatic N) is 3. The molecule has 112 valence electrons. The number of piperazine rings is 1. The SMILES string of the molecule is CCCCN1C(=O)C2CC(O)CN2C2(CN(C)C2)C1=O. The van der Waals surface area contributed by atoms with Crippen molar-refractivity contribution >= 4 is 11.8 Å². The minimum absolute atomic E-state index is 0.0561. The Morgan fingerprint density at radius 1 is 1.35 bits per heavy atom. The summed E-state index contributed by atoms with van der Waals surface area (Å²) in [6, 6.07) is -0.312.